The Labute approximate surface area is 117 Å². The van der Waals surface area contributed by atoms with E-state index in [1.165, 1.54) is 12.1 Å². The summed E-state index contributed by atoms with van der Waals surface area (Å²) in [5.74, 6) is -0.334. The number of carbonyl (C=O) groups is 1. The first kappa shape index (κ1) is 14.1. The minimum Gasteiger partial charge on any atom is -0.399 e. The number of carbonyl (C=O) groups excluding carboxylic acids is 1. The number of nitrogens with two attached hydrogens (primary N) is 1. The van der Waals surface area contributed by atoms with E-state index in [1.54, 1.807) is 29.2 Å². The molecule has 2 aromatic carbocycles. The molecule has 0 unspecified atom stereocenters. The molecule has 0 atom stereocenters. The van der Waals surface area contributed by atoms with Crippen molar-refractivity contribution < 1.29 is 9.18 Å². The minimum atomic E-state index is -0.309. The summed E-state index contributed by atoms with van der Waals surface area (Å²) in [7, 11) is 0. The zero-order valence-electron chi connectivity index (χ0n) is 11.3. The maximum atomic E-state index is 12.9. The van der Waals surface area contributed by atoms with E-state index >= 15 is 0 Å². The quantitative estimate of drug-likeness (QED) is 0.870. The summed E-state index contributed by atoms with van der Waals surface area (Å²) in [4.78, 5) is 13.9. The van der Waals surface area contributed by atoms with Gasteiger partial charge in [-0.05, 0) is 48.9 Å². The maximum Gasteiger partial charge on any atom is 0.231 e. The molecule has 104 valence electrons. The number of halogens is 1. The van der Waals surface area contributed by atoms with Crippen molar-refractivity contribution in [3.05, 3.63) is 59.9 Å². The normalized spacial score (nSPS) is 10.3. The summed E-state index contributed by atoms with van der Waals surface area (Å²) in [6.45, 7) is 2.43. The lowest BCUT2D eigenvalue weighted by atomic mass is 10.1. The highest BCUT2D eigenvalue weighted by Gasteiger charge is 2.14. The van der Waals surface area contributed by atoms with Gasteiger partial charge in [0.1, 0.15) is 5.82 Å². The molecule has 2 N–H and O–H groups in total. The number of benzene rings is 2. The predicted molar refractivity (Wildman–Crippen MR) is 79.0 cm³/mol. The maximum absolute atomic E-state index is 12.9. The third-order valence-electron chi connectivity index (χ3n) is 3.09. The average Bonchev–Trinajstić information content (AvgIpc) is 2.44. The van der Waals surface area contributed by atoms with Gasteiger partial charge in [-0.2, -0.15) is 0 Å². The van der Waals surface area contributed by atoms with Crippen LogP contribution in [0.3, 0.4) is 0 Å². The Bertz CT molecular complexity index is 578. The second kappa shape index (κ2) is 6.19. The molecule has 2 aromatic rings. The third-order valence-corrected chi connectivity index (χ3v) is 3.09. The Hall–Kier alpha value is -2.36. The summed E-state index contributed by atoms with van der Waals surface area (Å²) in [5, 5.41) is 0. The van der Waals surface area contributed by atoms with E-state index in [0.717, 1.165) is 5.56 Å². The van der Waals surface area contributed by atoms with E-state index in [9.17, 15) is 9.18 Å². The molecule has 0 aromatic heterocycles. The van der Waals surface area contributed by atoms with Crippen molar-refractivity contribution in [3.8, 4) is 0 Å². The number of nitrogens with zero attached hydrogens (tertiary/aromatic N) is 1. The second-order valence-corrected chi connectivity index (χ2v) is 4.53. The molecular formula is C16H17FN2O. The van der Waals surface area contributed by atoms with Gasteiger partial charge in [0.05, 0.1) is 6.42 Å². The van der Waals surface area contributed by atoms with Gasteiger partial charge in [-0.15, -0.1) is 0 Å². The van der Waals surface area contributed by atoms with Crippen molar-refractivity contribution in [1.29, 1.82) is 0 Å². The molecular weight excluding hydrogens is 255 g/mol. The number of nitrogen functional groups attached to an aromatic ring is 1. The highest BCUT2D eigenvalue weighted by atomic mass is 19.1. The van der Waals surface area contributed by atoms with Crippen molar-refractivity contribution in [1.82, 2.24) is 0 Å². The molecule has 0 saturated heterocycles. The van der Waals surface area contributed by atoms with Crippen LogP contribution in [0.4, 0.5) is 15.8 Å². The molecule has 20 heavy (non-hydrogen) atoms. The standard InChI is InChI=1S/C16H17FN2O/c1-2-19(15-9-5-13(17)6-10-15)16(20)11-12-3-7-14(18)8-4-12/h3-10H,2,11,18H2,1H3. The van der Waals surface area contributed by atoms with Crippen LogP contribution < -0.4 is 10.6 Å². The molecule has 2 rings (SSSR count). The van der Waals surface area contributed by atoms with Crippen LogP contribution in [0, 0.1) is 5.82 Å². The Balaban J connectivity index is 2.13. The Morgan fingerprint density at radius 2 is 1.70 bits per heavy atom. The largest absolute Gasteiger partial charge is 0.399 e. The van der Waals surface area contributed by atoms with Gasteiger partial charge in [-0.25, -0.2) is 4.39 Å². The first-order valence-corrected chi connectivity index (χ1v) is 6.50. The van der Waals surface area contributed by atoms with Crippen LogP contribution in [0.1, 0.15) is 12.5 Å². The number of hydrogen-bond donors (Lipinski definition) is 1. The van der Waals surface area contributed by atoms with E-state index in [4.69, 9.17) is 5.73 Å². The number of anilines is 2. The summed E-state index contributed by atoms with van der Waals surface area (Å²) < 4.78 is 12.9. The summed E-state index contributed by atoms with van der Waals surface area (Å²) in [6, 6.07) is 13.2. The predicted octanol–water partition coefficient (Wildman–Crippen LogP) is 3.00. The third kappa shape index (κ3) is 3.35. The topological polar surface area (TPSA) is 46.3 Å². The lowest BCUT2D eigenvalue weighted by Crippen LogP contribution is -2.31. The summed E-state index contributed by atoms with van der Waals surface area (Å²) in [5.41, 5.74) is 7.90. The number of likely N-dealkylation sites (N-methyl/N-ethyl adjacent to an activating group) is 1. The smallest absolute Gasteiger partial charge is 0.231 e. The second-order valence-electron chi connectivity index (χ2n) is 4.53. The molecule has 0 aliphatic carbocycles. The van der Waals surface area contributed by atoms with Gasteiger partial charge in [0.25, 0.3) is 0 Å². The van der Waals surface area contributed by atoms with Gasteiger partial charge < -0.3 is 10.6 Å². The average molecular weight is 272 g/mol. The van der Waals surface area contributed by atoms with Gasteiger partial charge >= 0.3 is 0 Å². The Morgan fingerprint density at radius 3 is 2.25 bits per heavy atom. The molecule has 0 saturated carbocycles. The SMILES string of the molecule is CCN(C(=O)Cc1ccc(N)cc1)c1ccc(F)cc1. The van der Waals surface area contributed by atoms with Crippen LogP contribution in [-0.4, -0.2) is 12.5 Å². The molecule has 1 amide bonds. The van der Waals surface area contributed by atoms with Crippen molar-refractivity contribution in [2.45, 2.75) is 13.3 Å². The monoisotopic (exact) mass is 272 g/mol. The molecule has 0 aliphatic heterocycles. The zero-order valence-corrected chi connectivity index (χ0v) is 11.3. The fraction of sp³-hybridized carbons (Fsp3) is 0.188. The lowest BCUT2D eigenvalue weighted by Gasteiger charge is -2.21. The van der Waals surface area contributed by atoms with Crippen molar-refractivity contribution >= 4 is 17.3 Å². The fourth-order valence-electron chi connectivity index (χ4n) is 2.03. The molecule has 0 aliphatic rings. The Morgan fingerprint density at radius 1 is 1.10 bits per heavy atom. The molecule has 0 bridgehead atoms. The van der Waals surface area contributed by atoms with Crippen LogP contribution in [-0.2, 0) is 11.2 Å². The summed E-state index contributed by atoms with van der Waals surface area (Å²) in [6.07, 6.45) is 0.297. The molecule has 0 radical (unpaired) electrons. The van der Waals surface area contributed by atoms with E-state index < -0.39 is 0 Å². The fourth-order valence-corrected chi connectivity index (χ4v) is 2.03. The minimum absolute atomic E-state index is 0.0242. The van der Waals surface area contributed by atoms with Crippen molar-refractivity contribution in [3.63, 3.8) is 0 Å². The number of rotatable bonds is 4. The van der Waals surface area contributed by atoms with Crippen molar-refractivity contribution in [2.24, 2.45) is 0 Å². The van der Waals surface area contributed by atoms with Gasteiger partial charge in [0, 0.05) is 17.9 Å². The molecule has 0 fully saturated rings. The van der Waals surface area contributed by atoms with Gasteiger partial charge in [-0.1, -0.05) is 12.1 Å². The first-order chi connectivity index (χ1) is 9.60. The first-order valence-electron chi connectivity index (χ1n) is 6.50. The van der Waals surface area contributed by atoms with Gasteiger partial charge in [0.15, 0.2) is 0 Å². The van der Waals surface area contributed by atoms with Crippen LogP contribution in [0.2, 0.25) is 0 Å². The summed E-state index contributed by atoms with van der Waals surface area (Å²) >= 11 is 0. The highest BCUT2D eigenvalue weighted by molar-refractivity contribution is 5.94. The van der Waals surface area contributed by atoms with Crippen LogP contribution in [0.25, 0.3) is 0 Å². The number of hydrogen-bond acceptors (Lipinski definition) is 2. The number of amides is 1. The van der Waals surface area contributed by atoms with E-state index in [-0.39, 0.29) is 11.7 Å². The zero-order chi connectivity index (χ0) is 14.5. The lowest BCUT2D eigenvalue weighted by molar-refractivity contribution is -0.117. The van der Waals surface area contributed by atoms with Crippen LogP contribution in [0.5, 0.6) is 0 Å². The molecule has 0 spiro atoms. The van der Waals surface area contributed by atoms with E-state index in [1.807, 2.05) is 19.1 Å². The van der Waals surface area contributed by atoms with Gasteiger partial charge in [0.2, 0.25) is 5.91 Å². The molecule has 3 nitrogen and oxygen atoms in total. The Kier molecular flexibility index (Phi) is 4.35. The molecule has 0 heterocycles. The van der Waals surface area contributed by atoms with E-state index in [2.05, 4.69) is 0 Å². The highest BCUT2D eigenvalue weighted by Crippen LogP contribution is 2.16. The molecule has 4 heteroatoms. The van der Waals surface area contributed by atoms with Crippen LogP contribution in [0.15, 0.2) is 48.5 Å². The van der Waals surface area contributed by atoms with Crippen LogP contribution >= 0.6 is 0 Å². The van der Waals surface area contributed by atoms with E-state index in [0.29, 0.717) is 24.3 Å². The van der Waals surface area contributed by atoms with Gasteiger partial charge in [-0.3, -0.25) is 4.79 Å². The van der Waals surface area contributed by atoms with Crippen molar-refractivity contribution in [2.75, 3.05) is 17.2 Å².